The molecule has 0 saturated carbocycles. The smallest absolute Gasteiger partial charge is 0.277 e. The van der Waals surface area contributed by atoms with Crippen LogP contribution >= 0.6 is 0 Å². The minimum absolute atomic E-state index is 0.122. The molecule has 29 heavy (non-hydrogen) atoms. The molecule has 1 amide bonds. The van der Waals surface area contributed by atoms with E-state index >= 15 is 0 Å². The Morgan fingerprint density at radius 2 is 2.14 bits per heavy atom. The lowest BCUT2D eigenvalue weighted by Gasteiger charge is -2.16. The summed E-state index contributed by atoms with van der Waals surface area (Å²) >= 11 is 0. The molecular weight excluding hydrogens is 397 g/mol. The first-order valence-electron chi connectivity index (χ1n) is 9.75. The van der Waals surface area contributed by atoms with E-state index in [-0.39, 0.29) is 22.9 Å². The topological polar surface area (TPSA) is 123 Å². The summed E-state index contributed by atoms with van der Waals surface area (Å²) in [6.07, 6.45) is 3.06. The highest BCUT2D eigenvalue weighted by Crippen LogP contribution is 2.40. The van der Waals surface area contributed by atoms with Crippen LogP contribution in [0.2, 0.25) is 0 Å². The number of aryl methyl sites for hydroxylation is 2. The number of anilines is 1. The molecule has 1 aromatic carbocycles. The van der Waals surface area contributed by atoms with Gasteiger partial charge in [-0.3, -0.25) is 4.79 Å². The summed E-state index contributed by atoms with van der Waals surface area (Å²) in [6.45, 7) is 0.873. The molecule has 2 aromatic rings. The monoisotopic (exact) mass is 419 g/mol. The molecule has 154 valence electrons. The summed E-state index contributed by atoms with van der Waals surface area (Å²) in [5.74, 6) is -0.475. The van der Waals surface area contributed by atoms with Gasteiger partial charge in [-0.1, -0.05) is 6.07 Å². The number of hydrogen-bond acceptors (Lipinski definition) is 5. The number of rotatable bonds is 3. The summed E-state index contributed by atoms with van der Waals surface area (Å²) < 4.78 is 41.3. The van der Waals surface area contributed by atoms with Gasteiger partial charge in [0, 0.05) is 31.5 Å². The van der Waals surface area contributed by atoms with Crippen molar-refractivity contribution in [1.82, 2.24) is 9.78 Å². The Bertz CT molecular complexity index is 1140. The zero-order chi connectivity index (χ0) is 20.3. The van der Waals surface area contributed by atoms with Crippen LogP contribution in [0.4, 0.5) is 10.1 Å². The summed E-state index contributed by atoms with van der Waals surface area (Å²) in [5, 5.41) is 12.7. The van der Waals surface area contributed by atoms with Crippen LogP contribution in [0.1, 0.15) is 45.6 Å². The third-order valence-corrected chi connectivity index (χ3v) is 6.82. The SMILES string of the molecule is N=S(N)(=O)c1c(C(=O)Nc2c3c(cc4c2C[C@H](F)C4)CCC3)nn2c1OCCC2. The Morgan fingerprint density at radius 1 is 1.31 bits per heavy atom. The lowest BCUT2D eigenvalue weighted by atomic mass is 9.98. The molecule has 2 heterocycles. The molecule has 0 bridgehead atoms. The molecule has 2 atom stereocenters. The first kappa shape index (κ1) is 18.6. The van der Waals surface area contributed by atoms with Gasteiger partial charge in [0.05, 0.1) is 6.61 Å². The van der Waals surface area contributed by atoms with Crippen molar-refractivity contribution in [2.45, 2.75) is 56.1 Å². The molecule has 1 unspecified atom stereocenters. The van der Waals surface area contributed by atoms with E-state index in [1.807, 2.05) is 0 Å². The van der Waals surface area contributed by atoms with Crippen LogP contribution in [0.15, 0.2) is 11.0 Å². The summed E-state index contributed by atoms with van der Waals surface area (Å²) in [6, 6.07) is 2.07. The van der Waals surface area contributed by atoms with E-state index < -0.39 is 22.0 Å². The van der Waals surface area contributed by atoms with Gasteiger partial charge in [0.15, 0.2) is 10.6 Å². The molecule has 8 nitrogen and oxygen atoms in total. The number of carbonyl (C=O) groups is 1. The van der Waals surface area contributed by atoms with E-state index in [0.717, 1.165) is 41.5 Å². The number of nitrogens with two attached hydrogens (primary N) is 1. The summed E-state index contributed by atoms with van der Waals surface area (Å²) in [4.78, 5) is 13.0. The molecule has 0 radical (unpaired) electrons. The molecule has 4 N–H and O–H groups in total. The van der Waals surface area contributed by atoms with Crippen molar-refractivity contribution < 1.29 is 18.1 Å². The van der Waals surface area contributed by atoms with Gasteiger partial charge in [0.25, 0.3) is 5.91 Å². The summed E-state index contributed by atoms with van der Waals surface area (Å²) in [7, 11) is -3.73. The van der Waals surface area contributed by atoms with Crippen LogP contribution in [0.5, 0.6) is 5.88 Å². The fourth-order valence-electron chi connectivity index (χ4n) is 4.65. The normalized spacial score (nSPS) is 21.7. The average Bonchev–Trinajstić information content (AvgIpc) is 3.35. The van der Waals surface area contributed by atoms with Gasteiger partial charge in [-0.25, -0.2) is 23.2 Å². The number of aromatic nitrogens is 2. The minimum Gasteiger partial charge on any atom is -0.477 e. The van der Waals surface area contributed by atoms with E-state index in [9.17, 15) is 13.4 Å². The maximum Gasteiger partial charge on any atom is 0.277 e. The highest BCUT2D eigenvalue weighted by molar-refractivity contribution is 7.90. The predicted octanol–water partition coefficient (Wildman–Crippen LogP) is 2.12. The first-order chi connectivity index (χ1) is 13.8. The number of amides is 1. The second kappa shape index (κ2) is 6.53. The van der Waals surface area contributed by atoms with Gasteiger partial charge in [-0.2, -0.15) is 5.10 Å². The van der Waals surface area contributed by atoms with Crippen molar-refractivity contribution in [1.29, 1.82) is 4.78 Å². The molecule has 1 aromatic heterocycles. The molecule has 2 aliphatic carbocycles. The molecule has 0 saturated heterocycles. The molecule has 1 aliphatic heterocycles. The van der Waals surface area contributed by atoms with Crippen LogP contribution in [-0.4, -0.2) is 32.7 Å². The molecule has 10 heteroatoms. The van der Waals surface area contributed by atoms with Crippen LogP contribution < -0.4 is 15.2 Å². The molecule has 5 rings (SSSR count). The van der Waals surface area contributed by atoms with Crippen LogP contribution in [0.25, 0.3) is 0 Å². The van der Waals surface area contributed by atoms with E-state index in [2.05, 4.69) is 16.5 Å². The highest BCUT2D eigenvalue weighted by atomic mass is 32.2. The van der Waals surface area contributed by atoms with Crippen molar-refractivity contribution >= 4 is 21.5 Å². The average molecular weight is 419 g/mol. The predicted molar refractivity (Wildman–Crippen MR) is 104 cm³/mol. The minimum atomic E-state index is -3.73. The van der Waals surface area contributed by atoms with E-state index in [1.165, 1.54) is 4.68 Å². The van der Waals surface area contributed by atoms with Gasteiger partial charge < -0.3 is 10.1 Å². The fraction of sp³-hybridized carbons (Fsp3) is 0.474. The lowest BCUT2D eigenvalue weighted by molar-refractivity contribution is 0.101. The maximum atomic E-state index is 14.1. The largest absolute Gasteiger partial charge is 0.477 e. The Balaban J connectivity index is 1.59. The second-order valence-corrected chi connectivity index (χ2v) is 9.46. The van der Waals surface area contributed by atoms with Crippen molar-refractivity contribution in [3.05, 3.63) is 34.0 Å². The number of alkyl halides is 1. The summed E-state index contributed by atoms with van der Waals surface area (Å²) in [5.41, 5.74) is 4.42. The number of carbonyl (C=O) groups excluding carboxylic acids is 1. The van der Waals surface area contributed by atoms with Gasteiger partial charge >= 0.3 is 0 Å². The Labute approximate surface area is 167 Å². The third-order valence-electron chi connectivity index (χ3n) is 5.84. The molecule has 0 spiro atoms. The number of benzene rings is 1. The number of nitrogens with one attached hydrogen (secondary N) is 2. The lowest BCUT2D eigenvalue weighted by Crippen LogP contribution is -2.21. The number of ether oxygens (including phenoxy) is 1. The number of halogens is 1. The van der Waals surface area contributed by atoms with E-state index in [0.29, 0.717) is 31.7 Å². The van der Waals surface area contributed by atoms with Crippen molar-refractivity contribution in [2.24, 2.45) is 5.14 Å². The van der Waals surface area contributed by atoms with E-state index in [1.54, 1.807) is 0 Å². The number of fused-ring (bicyclic) bond motifs is 3. The Kier molecular flexibility index (Phi) is 4.18. The number of nitrogens with zero attached hydrogens (tertiary/aromatic N) is 2. The zero-order valence-corrected chi connectivity index (χ0v) is 16.6. The van der Waals surface area contributed by atoms with Crippen molar-refractivity contribution in [2.75, 3.05) is 11.9 Å². The molecule has 0 fully saturated rings. The van der Waals surface area contributed by atoms with Crippen molar-refractivity contribution in [3.63, 3.8) is 0 Å². The van der Waals surface area contributed by atoms with Gasteiger partial charge in [-0.15, -0.1) is 0 Å². The first-order valence-corrected chi connectivity index (χ1v) is 11.4. The second-order valence-electron chi connectivity index (χ2n) is 7.85. The number of hydrogen-bond donors (Lipinski definition) is 3. The van der Waals surface area contributed by atoms with Crippen LogP contribution in [-0.2, 0) is 42.1 Å². The quantitative estimate of drug-likeness (QED) is 0.705. The van der Waals surface area contributed by atoms with Gasteiger partial charge in [-0.05, 0) is 41.5 Å². The molecular formula is C19H22FN5O3S. The van der Waals surface area contributed by atoms with E-state index in [4.69, 9.17) is 14.7 Å². The van der Waals surface area contributed by atoms with Gasteiger partial charge in [0.2, 0.25) is 5.88 Å². The van der Waals surface area contributed by atoms with Crippen LogP contribution in [0, 0.1) is 4.78 Å². The maximum absolute atomic E-state index is 14.1. The third kappa shape index (κ3) is 3.01. The zero-order valence-electron chi connectivity index (χ0n) is 15.8. The highest BCUT2D eigenvalue weighted by Gasteiger charge is 2.34. The molecule has 3 aliphatic rings. The van der Waals surface area contributed by atoms with Crippen LogP contribution in [0.3, 0.4) is 0 Å². The standard InChI is InChI=1S/C19H22FN5O3S/c20-12-8-11-7-10-3-1-4-13(10)15(14(11)9-12)23-18(26)16-17(29(21,22)27)19-25(24-16)5-2-6-28-19/h7,12H,1-6,8-9H2,(H,23,26)(H3,21,22,27)/t12-/m1/s1. The van der Waals surface area contributed by atoms with Gasteiger partial charge in [0.1, 0.15) is 16.1 Å². The Hall–Kier alpha value is -2.46. The Morgan fingerprint density at radius 3 is 2.93 bits per heavy atom. The van der Waals surface area contributed by atoms with Crippen molar-refractivity contribution in [3.8, 4) is 5.88 Å². The fourth-order valence-corrected chi connectivity index (χ4v) is 5.49.